The predicted molar refractivity (Wildman–Crippen MR) is 95.8 cm³/mol. The zero-order valence-corrected chi connectivity index (χ0v) is 15.8. The highest BCUT2D eigenvalue weighted by Gasteiger charge is 2.32. The molecule has 0 unspecified atom stereocenters. The summed E-state index contributed by atoms with van der Waals surface area (Å²) in [4.78, 5) is 12.2. The lowest BCUT2D eigenvalue weighted by Gasteiger charge is -2.19. The molecule has 0 bridgehead atoms. The van der Waals surface area contributed by atoms with Gasteiger partial charge in [-0.3, -0.25) is 0 Å². The number of carbonyl (C=O) groups excluding carboxylic acids is 1. The maximum absolute atomic E-state index is 13.1. The third-order valence-corrected chi connectivity index (χ3v) is 3.67. The van der Waals surface area contributed by atoms with Gasteiger partial charge in [0.15, 0.2) is 0 Å². The average molecular weight is 416 g/mol. The quantitative estimate of drug-likeness (QED) is 0.324. The van der Waals surface area contributed by atoms with E-state index in [1.165, 1.54) is 12.1 Å². The molecule has 0 saturated heterocycles. The Morgan fingerprint density at radius 3 is 1.55 bits per heavy atom. The molecule has 0 N–H and O–H groups in total. The van der Waals surface area contributed by atoms with Crippen molar-refractivity contribution < 1.29 is 35.9 Å². The molecule has 0 saturated carbocycles. The van der Waals surface area contributed by atoms with Crippen LogP contribution in [0.15, 0.2) is 54.6 Å². The van der Waals surface area contributed by atoms with Gasteiger partial charge < -0.3 is 4.74 Å². The van der Waals surface area contributed by atoms with Crippen molar-refractivity contribution in [2.24, 2.45) is 0 Å². The third-order valence-electron chi connectivity index (χ3n) is 3.67. The van der Waals surface area contributed by atoms with Crippen molar-refractivity contribution >= 4 is 11.5 Å². The van der Waals surface area contributed by atoms with E-state index >= 15 is 0 Å². The van der Waals surface area contributed by atoms with E-state index in [9.17, 15) is 31.1 Å². The summed E-state index contributed by atoms with van der Waals surface area (Å²) in [6, 6.07) is 8.02. The van der Waals surface area contributed by atoms with Crippen molar-refractivity contribution in [2.75, 3.05) is 0 Å². The SMILES string of the molecule is CC(C)(C)OC(=O)C=C(c1cccc(C(F)(F)F)c1)c1cccc(C(F)(F)F)c1. The minimum atomic E-state index is -4.65. The number of esters is 1. The van der Waals surface area contributed by atoms with Crippen molar-refractivity contribution in [1.29, 1.82) is 0 Å². The smallest absolute Gasteiger partial charge is 0.416 e. The molecule has 156 valence electrons. The number of rotatable bonds is 3. The molecular weight excluding hydrogens is 398 g/mol. The fraction of sp³-hybridized carbons (Fsp3) is 0.286. The highest BCUT2D eigenvalue weighted by molar-refractivity contribution is 5.96. The van der Waals surface area contributed by atoms with Crippen LogP contribution >= 0.6 is 0 Å². The van der Waals surface area contributed by atoms with Gasteiger partial charge in [0.1, 0.15) is 5.60 Å². The maximum Gasteiger partial charge on any atom is 0.416 e. The fourth-order valence-electron chi connectivity index (χ4n) is 2.51. The Balaban J connectivity index is 2.64. The molecule has 0 spiro atoms. The van der Waals surface area contributed by atoms with Crippen molar-refractivity contribution in [2.45, 2.75) is 38.7 Å². The summed E-state index contributed by atoms with van der Waals surface area (Å²) < 4.78 is 83.6. The molecule has 2 aromatic rings. The van der Waals surface area contributed by atoms with Crippen molar-refractivity contribution in [3.8, 4) is 0 Å². The fourth-order valence-corrected chi connectivity index (χ4v) is 2.51. The molecular formula is C21H18F6O2. The Morgan fingerprint density at radius 1 is 0.793 bits per heavy atom. The maximum atomic E-state index is 13.1. The van der Waals surface area contributed by atoms with Crippen LogP contribution in [-0.2, 0) is 21.9 Å². The van der Waals surface area contributed by atoms with E-state index in [1.54, 1.807) is 20.8 Å². The molecule has 0 aliphatic carbocycles. The first-order chi connectivity index (χ1) is 13.2. The highest BCUT2D eigenvalue weighted by atomic mass is 19.4. The summed E-state index contributed by atoms with van der Waals surface area (Å²) in [5.41, 5.74) is -3.11. The van der Waals surface area contributed by atoms with Crippen LogP contribution in [0, 0.1) is 0 Å². The lowest BCUT2D eigenvalue weighted by molar-refractivity contribution is -0.148. The second kappa shape index (κ2) is 7.93. The van der Waals surface area contributed by atoms with E-state index in [-0.39, 0.29) is 16.7 Å². The summed E-state index contributed by atoms with van der Waals surface area (Å²) in [7, 11) is 0. The zero-order chi connectivity index (χ0) is 22.0. The van der Waals surface area contributed by atoms with Crippen molar-refractivity contribution in [1.82, 2.24) is 0 Å². The van der Waals surface area contributed by atoms with Crippen LogP contribution in [0.4, 0.5) is 26.3 Å². The molecule has 0 heterocycles. The van der Waals surface area contributed by atoms with Gasteiger partial charge in [0.2, 0.25) is 0 Å². The second-order valence-electron chi connectivity index (χ2n) is 7.25. The van der Waals surface area contributed by atoms with Crippen LogP contribution in [0.2, 0.25) is 0 Å². The molecule has 0 fully saturated rings. The summed E-state index contributed by atoms with van der Waals surface area (Å²) in [6.07, 6.45) is -8.40. The van der Waals surface area contributed by atoms with E-state index in [4.69, 9.17) is 4.74 Å². The van der Waals surface area contributed by atoms with Crippen LogP contribution in [0.3, 0.4) is 0 Å². The van der Waals surface area contributed by atoms with Gasteiger partial charge >= 0.3 is 18.3 Å². The van der Waals surface area contributed by atoms with Gasteiger partial charge in [-0.05, 0) is 61.7 Å². The van der Waals surface area contributed by atoms with Crippen LogP contribution in [0.25, 0.3) is 5.57 Å². The van der Waals surface area contributed by atoms with E-state index in [0.29, 0.717) is 0 Å². The van der Waals surface area contributed by atoms with E-state index in [0.717, 1.165) is 42.5 Å². The molecule has 2 nitrogen and oxygen atoms in total. The van der Waals surface area contributed by atoms with Gasteiger partial charge in [-0.2, -0.15) is 26.3 Å². The minimum Gasteiger partial charge on any atom is -0.457 e. The Hall–Kier alpha value is -2.77. The number of halogens is 6. The molecule has 8 heteroatoms. The summed E-state index contributed by atoms with van der Waals surface area (Å²) in [5.74, 6) is -0.887. The van der Waals surface area contributed by atoms with Crippen molar-refractivity contribution in [3.05, 3.63) is 76.9 Å². The monoisotopic (exact) mass is 416 g/mol. The largest absolute Gasteiger partial charge is 0.457 e. The summed E-state index contributed by atoms with van der Waals surface area (Å²) >= 11 is 0. The van der Waals surface area contributed by atoms with Gasteiger partial charge in [0, 0.05) is 6.08 Å². The highest BCUT2D eigenvalue weighted by Crippen LogP contribution is 2.35. The van der Waals surface area contributed by atoms with Crippen molar-refractivity contribution in [3.63, 3.8) is 0 Å². The number of alkyl halides is 6. The van der Waals surface area contributed by atoms with E-state index in [1.807, 2.05) is 0 Å². The lowest BCUT2D eigenvalue weighted by Crippen LogP contribution is -2.22. The van der Waals surface area contributed by atoms with Gasteiger partial charge in [-0.15, -0.1) is 0 Å². The molecule has 29 heavy (non-hydrogen) atoms. The minimum absolute atomic E-state index is 0.0648. The summed E-state index contributed by atoms with van der Waals surface area (Å²) in [6.45, 7) is 4.77. The van der Waals surface area contributed by atoms with Crippen LogP contribution < -0.4 is 0 Å². The normalized spacial score (nSPS) is 12.4. The molecule has 0 atom stereocenters. The van der Waals surface area contributed by atoms with Gasteiger partial charge in [-0.25, -0.2) is 4.79 Å². The Labute approximate surface area is 163 Å². The molecule has 0 amide bonds. The zero-order valence-electron chi connectivity index (χ0n) is 15.8. The van der Waals surface area contributed by atoms with Crippen LogP contribution in [-0.4, -0.2) is 11.6 Å². The molecule has 0 aliphatic rings. The number of benzene rings is 2. The van der Waals surface area contributed by atoms with E-state index in [2.05, 4.69) is 0 Å². The molecule has 2 aromatic carbocycles. The second-order valence-corrected chi connectivity index (χ2v) is 7.25. The number of hydrogen-bond acceptors (Lipinski definition) is 2. The topological polar surface area (TPSA) is 26.3 Å². The Kier molecular flexibility index (Phi) is 6.15. The average Bonchev–Trinajstić information content (AvgIpc) is 2.57. The van der Waals surface area contributed by atoms with E-state index < -0.39 is 35.0 Å². The first-order valence-corrected chi connectivity index (χ1v) is 8.47. The molecule has 0 aliphatic heterocycles. The van der Waals surface area contributed by atoms with Crippen LogP contribution in [0.5, 0.6) is 0 Å². The molecule has 2 rings (SSSR count). The first kappa shape index (κ1) is 22.5. The third kappa shape index (κ3) is 6.37. The standard InChI is InChI=1S/C21H18F6O2/c1-19(2,3)29-18(28)12-17(13-6-4-8-15(10-13)20(22,23)24)14-7-5-9-16(11-14)21(25,26)27/h4-12H,1-3H3. The molecule has 0 radical (unpaired) electrons. The van der Waals surface area contributed by atoms with Gasteiger partial charge in [-0.1, -0.05) is 24.3 Å². The lowest BCUT2D eigenvalue weighted by atomic mass is 9.94. The molecule has 0 aromatic heterocycles. The van der Waals surface area contributed by atoms with Crippen LogP contribution in [0.1, 0.15) is 43.0 Å². The first-order valence-electron chi connectivity index (χ1n) is 8.47. The number of carbonyl (C=O) groups is 1. The predicted octanol–water partition coefficient (Wildman–Crippen LogP) is 6.50. The Bertz CT molecular complexity index is 858. The Morgan fingerprint density at radius 2 is 1.21 bits per heavy atom. The van der Waals surface area contributed by atoms with Gasteiger partial charge in [0.05, 0.1) is 11.1 Å². The summed E-state index contributed by atoms with van der Waals surface area (Å²) in [5, 5.41) is 0. The van der Waals surface area contributed by atoms with Gasteiger partial charge in [0.25, 0.3) is 0 Å². The number of hydrogen-bond donors (Lipinski definition) is 0. The number of ether oxygens (including phenoxy) is 1.